The Morgan fingerprint density at radius 2 is 2.17 bits per heavy atom. The van der Waals surface area contributed by atoms with E-state index in [9.17, 15) is 4.79 Å². The molecule has 1 saturated heterocycles. The molecule has 0 spiro atoms. The van der Waals surface area contributed by atoms with E-state index in [1.54, 1.807) is 4.90 Å². The van der Waals surface area contributed by atoms with Crippen LogP contribution in [0.2, 0.25) is 0 Å². The molecule has 0 saturated carbocycles. The van der Waals surface area contributed by atoms with E-state index in [0.29, 0.717) is 12.5 Å². The Morgan fingerprint density at radius 3 is 2.83 bits per heavy atom. The summed E-state index contributed by atoms with van der Waals surface area (Å²) in [7, 11) is 1.88. The Bertz CT molecular complexity index is 432. The molecular weight excluding hydrogens is 228 g/mol. The smallest absolute Gasteiger partial charge is 0.414 e. The molecule has 1 amide bonds. The molecule has 1 atom stereocenters. The summed E-state index contributed by atoms with van der Waals surface area (Å²) < 4.78 is 5.17. The molecule has 0 aromatic heterocycles. The van der Waals surface area contributed by atoms with Gasteiger partial charge in [0, 0.05) is 6.54 Å². The lowest BCUT2D eigenvalue weighted by Crippen LogP contribution is -2.40. The monoisotopic (exact) mass is 248 g/mol. The summed E-state index contributed by atoms with van der Waals surface area (Å²) in [5, 5.41) is 3.10. The maximum Gasteiger partial charge on any atom is 0.414 e. The van der Waals surface area contributed by atoms with Gasteiger partial charge in [-0.3, -0.25) is 4.90 Å². The first kappa shape index (κ1) is 12.9. The lowest BCUT2D eigenvalue weighted by molar-refractivity contribution is 0.178. The second-order valence-corrected chi connectivity index (χ2v) is 4.87. The number of carbonyl (C=O) groups is 1. The van der Waals surface area contributed by atoms with Crippen LogP contribution in [0.25, 0.3) is 0 Å². The average molecular weight is 248 g/mol. The Morgan fingerprint density at radius 1 is 1.44 bits per heavy atom. The number of likely N-dealkylation sites (N-methyl/N-ethyl adjacent to an activating group) is 1. The van der Waals surface area contributed by atoms with Gasteiger partial charge in [0.05, 0.1) is 11.7 Å². The third kappa shape index (κ3) is 2.34. The van der Waals surface area contributed by atoms with Gasteiger partial charge in [0.2, 0.25) is 0 Å². The third-order valence-corrected chi connectivity index (χ3v) is 3.22. The summed E-state index contributed by atoms with van der Waals surface area (Å²) in [4.78, 5) is 13.7. The van der Waals surface area contributed by atoms with Gasteiger partial charge in [-0.15, -0.1) is 0 Å². The Labute approximate surface area is 108 Å². The van der Waals surface area contributed by atoms with Crippen LogP contribution < -0.4 is 10.2 Å². The molecule has 1 unspecified atom stereocenters. The van der Waals surface area contributed by atoms with Crippen LogP contribution in [0.4, 0.5) is 10.5 Å². The molecule has 1 aliphatic rings. The number of para-hydroxylation sites is 1. The predicted molar refractivity (Wildman–Crippen MR) is 72.1 cm³/mol. The van der Waals surface area contributed by atoms with Crippen molar-refractivity contribution < 1.29 is 9.53 Å². The molecule has 1 aromatic rings. The minimum absolute atomic E-state index is 0.0717. The molecule has 4 nitrogen and oxygen atoms in total. The number of benzene rings is 1. The van der Waals surface area contributed by atoms with Crippen LogP contribution in [0.5, 0.6) is 0 Å². The molecular formula is C14H20N2O2. The first-order chi connectivity index (χ1) is 8.65. The van der Waals surface area contributed by atoms with Crippen LogP contribution in [0.3, 0.4) is 0 Å². The first-order valence-corrected chi connectivity index (χ1v) is 6.34. The van der Waals surface area contributed by atoms with Crippen molar-refractivity contribution in [3.05, 3.63) is 29.8 Å². The maximum atomic E-state index is 11.9. The minimum atomic E-state index is -0.247. The second-order valence-electron chi connectivity index (χ2n) is 4.87. The van der Waals surface area contributed by atoms with E-state index in [4.69, 9.17) is 4.74 Å². The highest BCUT2D eigenvalue weighted by Crippen LogP contribution is 2.31. The van der Waals surface area contributed by atoms with E-state index in [1.807, 2.05) is 25.2 Å². The van der Waals surface area contributed by atoms with Gasteiger partial charge < -0.3 is 10.1 Å². The SMILES string of the molecule is CNCC1COC(=O)N1c1ccccc1C(C)C. The van der Waals surface area contributed by atoms with Crippen molar-refractivity contribution in [2.24, 2.45) is 0 Å². The predicted octanol–water partition coefficient (Wildman–Crippen LogP) is 2.35. The summed E-state index contributed by atoms with van der Waals surface area (Å²) in [6.07, 6.45) is -0.247. The van der Waals surface area contributed by atoms with E-state index in [2.05, 4.69) is 25.2 Å². The van der Waals surface area contributed by atoms with Gasteiger partial charge in [-0.25, -0.2) is 4.79 Å². The Hall–Kier alpha value is -1.55. The fraction of sp³-hybridized carbons (Fsp3) is 0.500. The number of hydrogen-bond acceptors (Lipinski definition) is 3. The number of nitrogens with one attached hydrogen (secondary N) is 1. The molecule has 4 heteroatoms. The zero-order valence-electron chi connectivity index (χ0n) is 11.1. The first-order valence-electron chi connectivity index (χ1n) is 6.34. The number of hydrogen-bond donors (Lipinski definition) is 1. The number of cyclic esters (lactones) is 1. The quantitative estimate of drug-likeness (QED) is 0.889. The molecule has 1 aliphatic heterocycles. The molecule has 98 valence electrons. The van der Waals surface area contributed by atoms with Crippen molar-refractivity contribution in [1.29, 1.82) is 0 Å². The summed E-state index contributed by atoms with van der Waals surface area (Å²) in [6.45, 7) is 5.45. The normalized spacial score (nSPS) is 19.4. The maximum absolute atomic E-state index is 11.9. The van der Waals surface area contributed by atoms with Crippen LogP contribution in [-0.2, 0) is 4.74 Å². The van der Waals surface area contributed by atoms with Crippen LogP contribution in [0.1, 0.15) is 25.3 Å². The number of rotatable bonds is 4. The molecule has 1 heterocycles. The van der Waals surface area contributed by atoms with Crippen molar-refractivity contribution in [2.45, 2.75) is 25.8 Å². The molecule has 0 bridgehead atoms. The largest absolute Gasteiger partial charge is 0.447 e. The minimum Gasteiger partial charge on any atom is -0.447 e. The second kappa shape index (κ2) is 5.40. The van der Waals surface area contributed by atoms with Gasteiger partial charge in [0.15, 0.2) is 0 Å². The summed E-state index contributed by atoms with van der Waals surface area (Å²) in [5.74, 6) is 0.379. The molecule has 2 rings (SSSR count). The number of carbonyl (C=O) groups excluding carboxylic acids is 1. The van der Waals surface area contributed by atoms with Crippen molar-refractivity contribution in [3.8, 4) is 0 Å². The standard InChI is InChI=1S/C14H20N2O2/c1-10(2)12-6-4-5-7-13(12)16-11(8-15-3)9-18-14(16)17/h4-7,10-11,15H,8-9H2,1-3H3. The molecule has 1 aromatic carbocycles. The topological polar surface area (TPSA) is 41.6 Å². The van der Waals surface area contributed by atoms with E-state index in [-0.39, 0.29) is 12.1 Å². The van der Waals surface area contributed by atoms with Crippen LogP contribution >= 0.6 is 0 Å². The van der Waals surface area contributed by atoms with Crippen LogP contribution in [-0.4, -0.2) is 32.3 Å². The lowest BCUT2D eigenvalue weighted by atomic mass is 10.00. The Balaban J connectivity index is 2.36. The number of amides is 1. The van der Waals surface area contributed by atoms with E-state index >= 15 is 0 Å². The third-order valence-electron chi connectivity index (χ3n) is 3.22. The number of nitrogens with zero attached hydrogens (tertiary/aromatic N) is 1. The molecule has 1 fully saturated rings. The fourth-order valence-electron chi connectivity index (χ4n) is 2.34. The van der Waals surface area contributed by atoms with Gasteiger partial charge in [0.1, 0.15) is 6.61 Å². The lowest BCUT2D eigenvalue weighted by Gasteiger charge is -2.25. The van der Waals surface area contributed by atoms with E-state index < -0.39 is 0 Å². The molecule has 1 N–H and O–H groups in total. The Kier molecular flexibility index (Phi) is 3.87. The summed E-state index contributed by atoms with van der Waals surface area (Å²) in [5.41, 5.74) is 2.15. The highest BCUT2D eigenvalue weighted by atomic mass is 16.6. The molecule has 18 heavy (non-hydrogen) atoms. The summed E-state index contributed by atoms with van der Waals surface area (Å²) >= 11 is 0. The molecule has 0 radical (unpaired) electrons. The highest BCUT2D eigenvalue weighted by Gasteiger charge is 2.34. The number of anilines is 1. The van der Waals surface area contributed by atoms with Crippen molar-refractivity contribution in [1.82, 2.24) is 5.32 Å². The zero-order chi connectivity index (χ0) is 13.1. The van der Waals surface area contributed by atoms with Gasteiger partial charge in [-0.2, -0.15) is 0 Å². The van der Waals surface area contributed by atoms with Gasteiger partial charge >= 0.3 is 6.09 Å². The van der Waals surface area contributed by atoms with Gasteiger partial charge in [0.25, 0.3) is 0 Å². The van der Waals surface area contributed by atoms with Crippen molar-refractivity contribution in [2.75, 3.05) is 25.1 Å². The summed E-state index contributed by atoms with van der Waals surface area (Å²) in [6, 6.07) is 8.10. The average Bonchev–Trinajstić information content (AvgIpc) is 2.71. The van der Waals surface area contributed by atoms with E-state index in [0.717, 1.165) is 12.2 Å². The molecule has 0 aliphatic carbocycles. The van der Waals surface area contributed by atoms with Gasteiger partial charge in [-0.05, 0) is 24.6 Å². The van der Waals surface area contributed by atoms with Crippen molar-refractivity contribution in [3.63, 3.8) is 0 Å². The van der Waals surface area contributed by atoms with Crippen LogP contribution in [0.15, 0.2) is 24.3 Å². The van der Waals surface area contributed by atoms with E-state index in [1.165, 1.54) is 5.56 Å². The van der Waals surface area contributed by atoms with Gasteiger partial charge in [-0.1, -0.05) is 32.0 Å². The van der Waals surface area contributed by atoms with Crippen molar-refractivity contribution >= 4 is 11.8 Å². The van der Waals surface area contributed by atoms with Crippen LogP contribution in [0, 0.1) is 0 Å². The number of ether oxygens (including phenoxy) is 1. The zero-order valence-corrected chi connectivity index (χ0v) is 11.1. The fourth-order valence-corrected chi connectivity index (χ4v) is 2.34. The highest BCUT2D eigenvalue weighted by molar-refractivity contribution is 5.91.